The van der Waals surface area contributed by atoms with Gasteiger partial charge in [-0.1, -0.05) is 5.92 Å². The molecule has 0 aromatic rings. The highest BCUT2D eigenvalue weighted by Crippen LogP contribution is 2.36. The first-order valence-corrected chi connectivity index (χ1v) is 5.43. The summed E-state index contributed by atoms with van der Waals surface area (Å²) in [5, 5.41) is 2.68. The van der Waals surface area contributed by atoms with Gasteiger partial charge < -0.3 is 5.32 Å². The maximum Gasteiger partial charge on any atom is 0.248 e. The van der Waals surface area contributed by atoms with Crippen molar-refractivity contribution in [3.8, 4) is 12.3 Å². The highest BCUT2D eigenvalue weighted by atomic mass is 19.3. The lowest BCUT2D eigenvalue weighted by atomic mass is 9.85. The van der Waals surface area contributed by atoms with Crippen LogP contribution in [0.25, 0.3) is 0 Å². The summed E-state index contributed by atoms with van der Waals surface area (Å²) >= 11 is 0. The van der Waals surface area contributed by atoms with E-state index in [1.165, 1.54) is 0 Å². The van der Waals surface area contributed by atoms with E-state index < -0.39 is 11.5 Å². The van der Waals surface area contributed by atoms with Gasteiger partial charge in [0, 0.05) is 18.8 Å². The van der Waals surface area contributed by atoms with Gasteiger partial charge in [-0.05, 0) is 26.7 Å². The lowest BCUT2D eigenvalue weighted by Crippen LogP contribution is -2.46. The summed E-state index contributed by atoms with van der Waals surface area (Å²) in [7, 11) is 0. The number of carbonyl (C=O) groups is 1. The SMILES string of the molecule is C#CC(C)(C)NC(=O)C1CCC(F)(F)CC1. The number of halogens is 2. The van der Waals surface area contributed by atoms with Crippen LogP contribution in [0.15, 0.2) is 0 Å². The van der Waals surface area contributed by atoms with Crippen LogP contribution in [0.3, 0.4) is 0 Å². The Balaban J connectivity index is 2.49. The van der Waals surface area contributed by atoms with Crippen molar-refractivity contribution in [2.24, 2.45) is 5.92 Å². The number of carbonyl (C=O) groups excluding carboxylic acids is 1. The van der Waals surface area contributed by atoms with Gasteiger partial charge in [0.15, 0.2) is 0 Å². The smallest absolute Gasteiger partial charge is 0.248 e. The second kappa shape index (κ2) is 4.40. The Morgan fingerprint density at radius 3 is 2.38 bits per heavy atom. The standard InChI is InChI=1S/C12H17F2NO/c1-4-11(2,3)15-10(16)9-5-7-12(13,14)8-6-9/h1,9H,5-8H2,2-3H3,(H,15,16). The second-order valence-electron chi connectivity index (χ2n) is 4.89. The van der Waals surface area contributed by atoms with Gasteiger partial charge in [0.05, 0.1) is 5.54 Å². The summed E-state index contributed by atoms with van der Waals surface area (Å²) in [5.74, 6) is -0.688. The van der Waals surface area contributed by atoms with Crippen LogP contribution in [0.2, 0.25) is 0 Å². The molecule has 1 fully saturated rings. The Hall–Kier alpha value is -1.11. The molecular weight excluding hydrogens is 212 g/mol. The first-order chi connectivity index (χ1) is 7.26. The third-order valence-corrected chi connectivity index (χ3v) is 2.88. The van der Waals surface area contributed by atoms with Gasteiger partial charge in [0.25, 0.3) is 0 Å². The van der Waals surface area contributed by atoms with Crippen molar-refractivity contribution in [2.75, 3.05) is 0 Å². The fraction of sp³-hybridized carbons (Fsp3) is 0.750. The molecule has 0 saturated heterocycles. The minimum atomic E-state index is -2.60. The first kappa shape index (κ1) is 13.0. The number of nitrogens with one attached hydrogen (secondary N) is 1. The maximum atomic E-state index is 12.9. The molecule has 1 rings (SSSR count). The molecule has 0 heterocycles. The number of alkyl halides is 2. The minimum absolute atomic E-state index is 0.207. The molecule has 2 nitrogen and oxygen atoms in total. The van der Waals surface area contributed by atoms with E-state index in [0.29, 0.717) is 0 Å². The minimum Gasteiger partial charge on any atom is -0.340 e. The quantitative estimate of drug-likeness (QED) is 0.723. The number of hydrogen-bond acceptors (Lipinski definition) is 1. The van der Waals surface area contributed by atoms with Crippen LogP contribution in [0, 0.1) is 18.3 Å². The summed E-state index contributed by atoms with van der Waals surface area (Å²) in [6, 6.07) is 0. The first-order valence-electron chi connectivity index (χ1n) is 5.43. The molecule has 0 unspecified atom stereocenters. The van der Waals surface area contributed by atoms with Crippen LogP contribution < -0.4 is 5.32 Å². The van der Waals surface area contributed by atoms with Crippen LogP contribution in [-0.2, 0) is 4.79 Å². The lowest BCUT2D eigenvalue weighted by Gasteiger charge is -2.29. The third kappa shape index (κ3) is 3.48. The molecule has 16 heavy (non-hydrogen) atoms. The fourth-order valence-electron chi connectivity index (χ4n) is 1.75. The molecule has 0 bridgehead atoms. The van der Waals surface area contributed by atoms with Crippen LogP contribution in [-0.4, -0.2) is 17.4 Å². The van der Waals surface area contributed by atoms with Gasteiger partial charge in [-0.3, -0.25) is 4.79 Å². The maximum absolute atomic E-state index is 12.9. The van der Waals surface area contributed by atoms with Crippen LogP contribution in [0.1, 0.15) is 39.5 Å². The van der Waals surface area contributed by atoms with E-state index in [0.717, 1.165) is 0 Å². The molecule has 1 saturated carbocycles. The predicted octanol–water partition coefficient (Wildman–Crippen LogP) is 2.34. The number of hydrogen-bond donors (Lipinski definition) is 1. The van der Waals surface area contributed by atoms with Crippen molar-refractivity contribution in [2.45, 2.75) is 51.0 Å². The largest absolute Gasteiger partial charge is 0.340 e. The molecule has 1 amide bonds. The van der Waals surface area contributed by atoms with Crippen LogP contribution in [0.4, 0.5) is 8.78 Å². The third-order valence-electron chi connectivity index (χ3n) is 2.88. The summed E-state index contributed by atoms with van der Waals surface area (Å²) in [5.41, 5.74) is -0.711. The molecule has 0 aliphatic heterocycles. The van der Waals surface area contributed by atoms with Gasteiger partial charge in [-0.2, -0.15) is 0 Å². The molecule has 0 aromatic carbocycles. The fourth-order valence-corrected chi connectivity index (χ4v) is 1.75. The molecular formula is C12H17F2NO. The monoisotopic (exact) mass is 229 g/mol. The Bertz CT molecular complexity index is 307. The molecule has 90 valence electrons. The van der Waals surface area contributed by atoms with E-state index in [1.807, 2.05) is 0 Å². The Morgan fingerprint density at radius 1 is 1.44 bits per heavy atom. The van der Waals surface area contributed by atoms with Gasteiger partial charge in [-0.25, -0.2) is 8.78 Å². The summed E-state index contributed by atoms with van der Waals surface area (Å²) in [4.78, 5) is 11.7. The Kier molecular flexibility index (Phi) is 3.57. The number of terminal acetylenes is 1. The van der Waals surface area contributed by atoms with E-state index in [1.54, 1.807) is 13.8 Å². The van der Waals surface area contributed by atoms with Crippen molar-refractivity contribution in [1.29, 1.82) is 0 Å². The van der Waals surface area contributed by atoms with Crippen molar-refractivity contribution in [1.82, 2.24) is 5.32 Å². The predicted molar refractivity (Wildman–Crippen MR) is 58.0 cm³/mol. The van der Waals surface area contributed by atoms with Crippen molar-refractivity contribution in [3.63, 3.8) is 0 Å². The normalized spacial score (nSPS) is 21.2. The number of rotatable bonds is 2. The highest BCUT2D eigenvalue weighted by molar-refractivity contribution is 5.79. The van der Waals surface area contributed by atoms with Gasteiger partial charge in [0.1, 0.15) is 0 Å². The lowest BCUT2D eigenvalue weighted by molar-refractivity contribution is -0.130. The molecule has 0 spiro atoms. The van der Waals surface area contributed by atoms with Crippen LogP contribution >= 0.6 is 0 Å². The summed E-state index contributed by atoms with van der Waals surface area (Å²) < 4.78 is 25.8. The molecule has 1 aliphatic rings. The van der Waals surface area contributed by atoms with E-state index in [-0.39, 0.29) is 37.5 Å². The molecule has 4 heteroatoms. The highest BCUT2D eigenvalue weighted by Gasteiger charge is 2.38. The number of amides is 1. The van der Waals surface area contributed by atoms with Crippen molar-refractivity contribution in [3.05, 3.63) is 0 Å². The molecule has 0 radical (unpaired) electrons. The molecule has 0 aromatic heterocycles. The summed E-state index contributed by atoms with van der Waals surface area (Å²) in [6.45, 7) is 3.42. The van der Waals surface area contributed by atoms with E-state index in [9.17, 15) is 13.6 Å². The Labute approximate surface area is 94.8 Å². The van der Waals surface area contributed by atoms with Crippen LogP contribution in [0.5, 0.6) is 0 Å². The van der Waals surface area contributed by atoms with Gasteiger partial charge in [-0.15, -0.1) is 6.42 Å². The molecule has 1 N–H and O–H groups in total. The molecule has 1 aliphatic carbocycles. The van der Waals surface area contributed by atoms with E-state index in [4.69, 9.17) is 6.42 Å². The Morgan fingerprint density at radius 2 is 1.94 bits per heavy atom. The second-order valence-corrected chi connectivity index (χ2v) is 4.89. The topological polar surface area (TPSA) is 29.1 Å². The van der Waals surface area contributed by atoms with Crippen molar-refractivity contribution >= 4 is 5.91 Å². The van der Waals surface area contributed by atoms with E-state index >= 15 is 0 Å². The average molecular weight is 229 g/mol. The van der Waals surface area contributed by atoms with Gasteiger partial charge in [0.2, 0.25) is 11.8 Å². The summed E-state index contributed by atoms with van der Waals surface area (Å²) in [6.07, 6.45) is 5.30. The van der Waals surface area contributed by atoms with Crippen molar-refractivity contribution < 1.29 is 13.6 Å². The molecule has 0 atom stereocenters. The zero-order valence-electron chi connectivity index (χ0n) is 9.65. The van der Waals surface area contributed by atoms with E-state index in [2.05, 4.69) is 11.2 Å². The van der Waals surface area contributed by atoms with Gasteiger partial charge >= 0.3 is 0 Å². The zero-order chi connectivity index (χ0) is 12.4. The average Bonchev–Trinajstić information content (AvgIpc) is 2.16. The zero-order valence-corrected chi connectivity index (χ0v) is 9.65.